The van der Waals surface area contributed by atoms with Crippen LogP contribution in [-0.2, 0) is 37.3 Å². The maximum absolute atomic E-state index is 14.8. The van der Waals surface area contributed by atoms with Crippen LogP contribution in [0.1, 0.15) is 84.6 Å². The van der Waals surface area contributed by atoms with Gasteiger partial charge < -0.3 is 5.11 Å². The molecular formula is C43H45FN3OPt-. The van der Waals surface area contributed by atoms with E-state index in [1.54, 1.807) is 0 Å². The van der Waals surface area contributed by atoms with Crippen molar-refractivity contribution < 1.29 is 30.6 Å². The van der Waals surface area contributed by atoms with Crippen LogP contribution in [0.25, 0.3) is 50.5 Å². The molecule has 1 N–H and O–H groups in total. The van der Waals surface area contributed by atoms with Crippen molar-refractivity contribution in [2.24, 2.45) is 0 Å². The minimum atomic E-state index is -0.443. The van der Waals surface area contributed by atoms with Crippen molar-refractivity contribution >= 4 is 11.0 Å². The van der Waals surface area contributed by atoms with Gasteiger partial charge in [-0.3, -0.25) is 9.55 Å². The van der Waals surface area contributed by atoms with Gasteiger partial charge in [-0.2, -0.15) is 0 Å². The molecule has 256 valence electrons. The zero-order valence-electron chi connectivity index (χ0n) is 30.1. The van der Waals surface area contributed by atoms with E-state index in [-0.39, 0.29) is 43.1 Å². The third-order valence-corrected chi connectivity index (χ3v) is 9.01. The normalized spacial score (nSPS) is 12.3. The number of phenols is 1. The number of aromatic hydroxyl groups is 1. The van der Waals surface area contributed by atoms with E-state index in [0.29, 0.717) is 11.4 Å². The number of benzene rings is 4. The molecule has 0 unspecified atom stereocenters. The summed E-state index contributed by atoms with van der Waals surface area (Å²) in [6.45, 7) is 21.9. The quantitative estimate of drug-likeness (QED) is 0.180. The summed E-state index contributed by atoms with van der Waals surface area (Å²) in [6, 6.07) is 28.9. The summed E-state index contributed by atoms with van der Waals surface area (Å²) < 4.78 is 16.9. The van der Waals surface area contributed by atoms with E-state index in [1.165, 1.54) is 29.3 Å². The molecule has 0 aliphatic heterocycles. The van der Waals surface area contributed by atoms with Gasteiger partial charge in [-0.1, -0.05) is 103 Å². The van der Waals surface area contributed by atoms with Crippen molar-refractivity contribution in [3.05, 3.63) is 119 Å². The van der Waals surface area contributed by atoms with Crippen LogP contribution >= 0.6 is 0 Å². The molecule has 0 amide bonds. The average molecular weight is 834 g/mol. The summed E-state index contributed by atoms with van der Waals surface area (Å²) in [5.74, 6) is -0.0125. The molecular weight excluding hydrogens is 789 g/mol. The van der Waals surface area contributed by atoms with Gasteiger partial charge in [-0.25, -0.2) is 9.37 Å². The first kappa shape index (κ1) is 36.2. The SMILES string of the molecule is Cc1ccnc(-c2[c-]c(-c3cccc4c3nc(-c3cc(F)ccc3O)n4-c3cc(C(C)(C)C)cc(C(C)(C)C)c3)cc(C(C)(C)C)c2)c1.[Pt]. The van der Waals surface area contributed by atoms with Crippen LogP contribution in [0.5, 0.6) is 5.75 Å². The van der Waals surface area contributed by atoms with Gasteiger partial charge in [-0.05, 0) is 76.8 Å². The van der Waals surface area contributed by atoms with Crippen molar-refractivity contribution in [2.45, 2.75) is 85.5 Å². The summed E-state index contributed by atoms with van der Waals surface area (Å²) in [6.07, 6.45) is 1.83. The topological polar surface area (TPSA) is 50.9 Å². The predicted molar refractivity (Wildman–Crippen MR) is 196 cm³/mol. The maximum Gasteiger partial charge on any atom is 0.148 e. The van der Waals surface area contributed by atoms with Gasteiger partial charge in [0.1, 0.15) is 17.4 Å². The number of para-hydroxylation sites is 1. The molecule has 6 aromatic rings. The fraction of sp³-hybridized carbons (Fsp3) is 0.302. The Bertz CT molecular complexity index is 2150. The first-order chi connectivity index (χ1) is 22.4. The summed E-state index contributed by atoms with van der Waals surface area (Å²) >= 11 is 0. The number of rotatable bonds is 4. The average Bonchev–Trinajstić information content (AvgIpc) is 3.40. The van der Waals surface area contributed by atoms with Crippen molar-refractivity contribution in [1.29, 1.82) is 0 Å². The molecule has 0 aliphatic carbocycles. The molecule has 6 rings (SSSR count). The summed E-state index contributed by atoms with van der Waals surface area (Å²) in [5, 5.41) is 11.1. The minimum Gasteiger partial charge on any atom is -0.507 e. The summed E-state index contributed by atoms with van der Waals surface area (Å²) in [4.78, 5) is 9.92. The van der Waals surface area contributed by atoms with Gasteiger partial charge in [0.15, 0.2) is 0 Å². The van der Waals surface area contributed by atoms with Crippen molar-refractivity contribution in [3.8, 4) is 45.2 Å². The van der Waals surface area contributed by atoms with E-state index < -0.39 is 5.82 Å². The number of aromatic nitrogens is 3. The molecule has 0 aliphatic rings. The number of aryl methyl sites for hydroxylation is 1. The van der Waals surface area contributed by atoms with Crippen LogP contribution < -0.4 is 0 Å². The van der Waals surface area contributed by atoms with E-state index in [1.807, 2.05) is 24.4 Å². The number of halogens is 1. The predicted octanol–water partition coefficient (Wildman–Crippen LogP) is 11.3. The summed E-state index contributed by atoms with van der Waals surface area (Å²) in [7, 11) is 0. The smallest absolute Gasteiger partial charge is 0.148 e. The van der Waals surface area contributed by atoms with Gasteiger partial charge in [0.05, 0.1) is 16.6 Å². The molecule has 6 heteroatoms. The number of nitrogens with zero attached hydrogens (tertiary/aromatic N) is 3. The Morgan fingerprint density at radius 3 is 1.92 bits per heavy atom. The maximum atomic E-state index is 14.8. The fourth-order valence-electron chi connectivity index (χ4n) is 6.02. The van der Waals surface area contributed by atoms with E-state index in [2.05, 4.69) is 127 Å². The first-order valence-electron chi connectivity index (χ1n) is 16.6. The van der Waals surface area contributed by atoms with Gasteiger partial charge in [-0.15, -0.1) is 29.3 Å². The number of hydrogen-bond donors (Lipinski definition) is 1. The van der Waals surface area contributed by atoms with Crippen LogP contribution in [0.4, 0.5) is 4.39 Å². The zero-order valence-corrected chi connectivity index (χ0v) is 32.3. The second-order valence-electron chi connectivity index (χ2n) is 16.0. The van der Waals surface area contributed by atoms with Crippen LogP contribution in [0.15, 0.2) is 85.1 Å². The fourth-order valence-corrected chi connectivity index (χ4v) is 6.02. The Kier molecular flexibility index (Phi) is 9.60. The Morgan fingerprint density at radius 2 is 1.31 bits per heavy atom. The number of phenolic OH excluding ortho intramolecular Hbond substituents is 1. The van der Waals surface area contributed by atoms with E-state index in [0.717, 1.165) is 50.2 Å². The zero-order chi connectivity index (χ0) is 34.8. The standard InChI is InChI=1S/C43H45FN3O.Pt/c1-26-16-17-45-36(18-26)28-19-27(20-29(21-28)41(2,3)4)34-12-11-13-37-39(34)46-40(35-25-32(44)14-15-38(35)48)47(37)33-23-30(42(5,6)7)22-31(24-33)43(8,9)10;/h11-18,20-25,48H,1-10H3;/q-1;. The van der Waals surface area contributed by atoms with E-state index in [4.69, 9.17) is 4.98 Å². The number of hydrogen-bond acceptors (Lipinski definition) is 3. The summed E-state index contributed by atoms with van der Waals surface area (Å²) in [5.41, 5.74) is 10.6. The molecule has 4 nitrogen and oxygen atoms in total. The molecule has 0 fully saturated rings. The molecule has 4 aromatic carbocycles. The third kappa shape index (κ3) is 7.29. The largest absolute Gasteiger partial charge is 0.507 e. The number of fused-ring (bicyclic) bond motifs is 1. The molecule has 0 saturated heterocycles. The molecule has 0 saturated carbocycles. The van der Waals surface area contributed by atoms with Crippen LogP contribution in [-0.4, -0.2) is 19.6 Å². The molecule has 2 aromatic heterocycles. The number of pyridine rings is 1. The van der Waals surface area contributed by atoms with Crippen molar-refractivity contribution in [3.63, 3.8) is 0 Å². The molecule has 0 spiro atoms. The second kappa shape index (κ2) is 13.0. The Hall–Kier alpha value is -4.08. The Morgan fingerprint density at radius 1 is 0.694 bits per heavy atom. The molecule has 2 heterocycles. The van der Waals surface area contributed by atoms with E-state index in [9.17, 15) is 9.50 Å². The molecule has 0 bridgehead atoms. The Balaban J connectivity index is 0.00000468. The van der Waals surface area contributed by atoms with E-state index >= 15 is 0 Å². The van der Waals surface area contributed by atoms with Gasteiger partial charge >= 0.3 is 0 Å². The van der Waals surface area contributed by atoms with Crippen LogP contribution in [0, 0.1) is 18.8 Å². The molecule has 0 atom stereocenters. The van der Waals surface area contributed by atoms with Gasteiger partial charge in [0, 0.05) is 38.6 Å². The number of imidazole rings is 1. The Labute approximate surface area is 304 Å². The monoisotopic (exact) mass is 833 g/mol. The third-order valence-electron chi connectivity index (χ3n) is 9.01. The second-order valence-corrected chi connectivity index (χ2v) is 16.0. The molecule has 49 heavy (non-hydrogen) atoms. The van der Waals surface area contributed by atoms with Gasteiger partial charge in [0.2, 0.25) is 0 Å². The van der Waals surface area contributed by atoms with Crippen molar-refractivity contribution in [2.75, 3.05) is 0 Å². The van der Waals surface area contributed by atoms with Crippen LogP contribution in [0.2, 0.25) is 0 Å². The van der Waals surface area contributed by atoms with Gasteiger partial charge in [0.25, 0.3) is 0 Å². The molecule has 0 radical (unpaired) electrons. The minimum absolute atomic E-state index is 0. The van der Waals surface area contributed by atoms with Crippen molar-refractivity contribution in [1.82, 2.24) is 14.5 Å². The van der Waals surface area contributed by atoms with Crippen LogP contribution in [0.3, 0.4) is 0 Å². The first-order valence-corrected chi connectivity index (χ1v) is 16.6.